The number of nitrogens with one attached hydrogen (secondary N) is 1. The van der Waals surface area contributed by atoms with Crippen LogP contribution in [0.3, 0.4) is 0 Å². The fourth-order valence-electron chi connectivity index (χ4n) is 2.28. The highest BCUT2D eigenvalue weighted by molar-refractivity contribution is 5.97. The summed E-state index contributed by atoms with van der Waals surface area (Å²) in [6.07, 6.45) is 3.37. The second-order valence-electron chi connectivity index (χ2n) is 5.89. The number of piperazine rings is 1. The van der Waals surface area contributed by atoms with Gasteiger partial charge in [0.15, 0.2) is 0 Å². The molecule has 1 rings (SSSR count). The predicted molar refractivity (Wildman–Crippen MR) is 76.6 cm³/mol. The second-order valence-corrected chi connectivity index (χ2v) is 5.89. The standard InChI is InChI=1S/C15H26N2O2/c1-6-12-15(19)17(8-7-10(2)3)13(9-11(4)5)14(18)16-12/h7,11-13H,6,8-9H2,1-5H3,(H,16,18). The molecule has 0 aromatic carbocycles. The number of carbonyl (C=O) groups excluding carboxylic acids is 2. The van der Waals surface area contributed by atoms with Gasteiger partial charge in [-0.05, 0) is 32.6 Å². The zero-order valence-corrected chi connectivity index (χ0v) is 12.7. The van der Waals surface area contributed by atoms with E-state index in [2.05, 4.69) is 19.2 Å². The van der Waals surface area contributed by atoms with E-state index in [1.165, 1.54) is 0 Å². The van der Waals surface area contributed by atoms with Crippen LogP contribution in [-0.4, -0.2) is 35.3 Å². The molecule has 4 heteroatoms. The van der Waals surface area contributed by atoms with Crippen LogP contribution in [-0.2, 0) is 9.59 Å². The molecule has 108 valence electrons. The molecular weight excluding hydrogens is 240 g/mol. The van der Waals surface area contributed by atoms with Crippen LogP contribution in [0.25, 0.3) is 0 Å². The van der Waals surface area contributed by atoms with Crippen molar-refractivity contribution in [1.82, 2.24) is 10.2 Å². The van der Waals surface area contributed by atoms with E-state index in [0.29, 0.717) is 25.3 Å². The van der Waals surface area contributed by atoms with Crippen LogP contribution >= 0.6 is 0 Å². The first-order valence-corrected chi connectivity index (χ1v) is 7.11. The van der Waals surface area contributed by atoms with Crippen molar-refractivity contribution in [2.75, 3.05) is 6.54 Å². The van der Waals surface area contributed by atoms with Gasteiger partial charge in [0.2, 0.25) is 11.8 Å². The Morgan fingerprint density at radius 3 is 2.47 bits per heavy atom. The minimum absolute atomic E-state index is 0.0118. The summed E-state index contributed by atoms with van der Waals surface area (Å²) in [5, 5.41) is 2.84. The summed E-state index contributed by atoms with van der Waals surface area (Å²) < 4.78 is 0. The molecule has 1 aliphatic rings. The Kier molecular flexibility index (Phi) is 5.58. The van der Waals surface area contributed by atoms with Crippen LogP contribution in [0.5, 0.6) is 0 Å². The van der Waals surface area contributed by atoms with E-state index in [9.17, 15) is 9.59 Å². The van der Waals surface area contributed by atoms with Gasteiger partial charge in [-0.1, -0.05) is 32.4 Å². The van der Waals surface area contributed by atoms with Crippen LogP contribution < -0.4 is 5.32 Å². The maximum atomic E-state index is 12.4. The summed E-state index contributed by atoms with van der Waals surface area (Å²) in [4.78, 5) is 26.3. The Balaban J connectivity index is 2.93. The molecule has 19 heavy (non-hydrogen) atoms. The molecule has 1 aliphatic heterocycles. The zero-order valence-electron chi connectivity index (χ0n) is 12.7. The Labute approximate surface area is 116 Å². The molecule has 2 atom stereocenters. The monoisotopic (exact) mass is 266 g/mol. The highest BCUT2D eigenvalue weighted by atomic mass is 16.2. The van der Waals surface area contributed by atoms with E-state index < -0.39 is 0 Å². The smallest absolute Gasteiger partial charge is 0.246 e. The molecule has 0 spiro atoms. The van der Waals surface area contributed by atoms with E-state index in [0.717, 1.165) is 5.57 Å². The maximum Gasteiger partial charge on any atom is 0.246 e. The van der Waals surface area contributed by atoms with E-state index in [4.69, 9.17) is 0 Å². The molecule has 1 N–H and O–H groups in total. The largest absolute Gasteiger partial charge is 0.343 e. The molecule has 1 heterocycles. The summed E-state index contributed by atoms with van der Waals surface area (Å²) in [5.74, 6) is 0.420. The number of rotatable bonds is 5. The highest BCUT2D eigenvalue weighted by Gasteiger charge is 2.39. The lowest BCUT2D eigenvalue weighted by Gasteiger charge is -2.39. The van der Waals surface area contributed by atoms with Crippen molar-refractivity contribution in [3.8, 4) is 0 Å². The first-order chi connectivity index (χ1) is 8.86. The van der Waals surface area contributed by atoms with E-state index in [1.807, 2.05) is 26.8 Å². The SMILES string of the molecule is CCC1NC(=O)C(CC(C)C)N(CC=C(C)C)C1=O. The molecule has 0 aromatic heterocycles. The third-order valence-electron chi connectivity index (χ3n) is 3.38. The third-order valence-corrected chi connectivity index (χ3v) is 3.38. The number of amides is 2. The number of hydrogen-bond acceptors (Lipinski definition) is 2. The lowest BCUT2D eigenvalue weighted by atomic mass is 9.97. The average molecular weight is 266 g/mol. The fourth-order valence-corrected chi connectivity index (χ4v) is 2.28. The normalized spacial score (nSPS) is 23.6. The summed E-state index contributed by atoms with van der Waals surface area (Å²) >= 11 is 0. The van der Waals surface area contributed by atoms with Crippen molar-refractivity contribution in [1.29, 1.82) is 0 Å². The third kappa shape index (κ3) is 4.08. The Hall–Kier alpha value is -1.32. The summed E-state index contributed by atoms with van der Waals surface area (Å²) in [5.41, 5.74) is 1.16. The lowest BCUT2D eigenvalue weighted by molar-refractivity contribution is -0.149. The number of nitrogens with zero attached hydrogens (tertiary/aromatic N) is 1. The van der Waals surface area contributed by atoms with E-state index in [1.54, 1.807) is 4.90 Å². The molecule has 1 fully saturated rings. The molecule has 2 unspecified atom stereocenters. The maximum absolute atomic E-state index is 12.4. The molecule has 0 aromatic rings. The van der Waals surface area contributed by atoms with Gasteiger partial charge >= 0.3 is 0 Å². The van der Waals surface area contributed by atoms with Crippen molar-refractivity contribution in [3.05, 3.63) is 11.6 Å². The van der Waals surface area contributed by atoms with Crippen molar-refractivity contribution >= 4 is 11.8 Å². The van der Waals surface area contributed by atoms with Crippen LogP contribution in [0.15, 0.2) is 11.6 Å². The second kappa shape index (κ2) is 6.73. The van der Waals surface area contributed by atoms with Crippen LogP contribution in [0, 0.1) is 5.92 Å². The van der Waals surface area contributed by atoms with Gasteiger partial charge in [0.25, 0.3) is 0 Å². The quantitative estimate of drug-likeness (QED) is 0.775. The molecule has 4 nitrogen and oxygen atoms in total. The van der Waals surface area contributed by atoms with Crippen molar-refractivity contribution < 1.29 is 9.59 Å². The average Bonchev–Trinajstić information content (AvgIpc) is 2.32. The minimum Gasteiger partial charge on any atom is -0.343 e. The highest BCUT2D eigenvalue weighted by Crippen LogP contribution is 2.18. The van der Waals surface area contributed by atoms with Gasteiger partial charge in [-0.15, -0.1) is 0 Å². The van der Waals surface area contributed by atoms with Gasteiger partial charge in [-0.25, -0.2) is 0 Å². The Morgan fingerprint density at radius 1 is 1.37 bits per heavy atom. The Bertz CT molecular complexity index is 370. The molecule has 0 bridgehead atoms. The van der Waals surface area contributed by atoms with Crippen molar-refractivity contribution in [3.63, 3.8) is 0 Å². The van der Waals surface area contributed by atoms with Crippen LogP contribution in [0.1, 0.15) is 47.5 Å². The molecule has 0 saturated carbocycles. The topological polar surface area (TPSA) is 49.4 Å². The molecule has 0 aliphatic carbocycles. The zero-order chi connectivity index (χ0) is 14.6. The summed E-state index contributed by atoms with van der Waals surface area (Å²) in [6.45, 7) is 10.6. The fraction of sp³-hybridized carbons (Fsp3) is 0.733. The van der Waals surface area contributed by atoms with Crippen molar-refractivity contribution in [2.24, 2.45) is 5.92 Å². The van der Waals surface area contributed by atoms with Crippen LogP contribution in [0.4, 0.5) is 0 Å². The van der Waals surface area contributed by atoms with Gasteiger partial charge in [0, 0.05) is 6.54 Å². The van der Waals surface area contributed by atoms with Gasteiger partial charge < -0.3 is 10.2 Å². The van der Waals surface area contributed by atoms with E-state index >= 15 is 0 Å². The first-order valence-electron chi connectivity index (χ1n) is 7.11. The summed E-state index contributed by atoms with van der Waals surface area (Å²) in [7, 11) is 0. The van der Waals surface area contributed by atoms with Gasteiger partial charge in [0.1, 0.15) is 12.1 Å². The number of hydrogen-bond donors (Lipinski definition) is 1. The van der Waals surface area contributed by atoms with Gasteiger partial charge in [-0.2, -0.15) is 0 Å². The van der Waals surface area contributed by atoms with Gasteiger partial charge in [0.05, 0.1) is 0 Å². The number of allylic oxidation sites excluding steroid dienone is 1. The number of carbonyl (C=O) groups is 2. The first kappa shape index (κ1) is 15.7. The predicted octanol–water partition coefficient (Wildman–Crippen LogP) is 2.10. The van der Waals surface area contributed by atoms with Crippen LogP contribution in [0.2, 0.25) is 0 Å². The van der Waals surface area contributed by atoms with Crippen molar-refractivity contribution in [2.45, 2.75) is 59.5 Å². The summed E-state index contributed by atoms with van der Waals surface area (Å²) in [6, 6.07) is -0.688. The van der Waals surface area contributed by atoms with Gasteiger partial charge in [-0.3, -0.25) is 9.59 Å². The Morgan fingerprint density at radius 2 is 2.00 bits per heavy atom. The van der Waals surface area contributed by atoms with E-state index in [-0.39, 0.29) is 23.9 Å². The molecule has 1 saturated heterocycles. The molecule has 0 radical (unpaired) electrons. The lowest BCUT2D eigenvalue weighted by Crippen LogP contribution is -2.63. The minimum atomic E-state index is -0.360. The molecular formula is C15H26N2O2. The molecule has 2 amide bonds.